The van der Waals surface area contributed by atoms with E-state index < -0.39 is 11.9 Å². The van der Waals surface area contributed by atoms with E-state index in [1.54, 1.807) is 31.4 Å². The number of nitrogens with zero attached hydrogens (tertiary/aromatic N) is 1. The van der Waals surface area contributed by atoms with Crippen LogP contribution in [0.15, 0.2) is 53.5 Å². The maximum absolute atomic E-state index is 13.7. The van der Waals surface area contributed by atoms with Crippen LogP contribution in [-0.4, -0.2) is 43.9 Å². The molecule has 160 valence electrons. The van der Waals surface area contributed by atoms with Crippen molar-refractivity contribution < 1.29 is 19.0 Å². The zero-order valence-corrected chi connectivity index (χ0v) is 19.2. The molecule has 6 nitrogen and oxygen atoms in total. The molecule has 2 atom stereocenters. The summed E-state index contributed by atoms with van der Waals surface area (Å²) in [5.74, 6) is 1.06. The summed E-state index contributed by atoms with van der Waals surface area (Å²) >= 11 is 0. The van der Waals surface area contributed by atoms with Crippen LogP contribution in [0.1, 0.15) is 25.5 Å². The highest BCUT2D eigenvalue weighted by Crippen LogP contribution is 2.19. The van der Waals surface area contributed by atoms with E-state index in [4.69, 9.17) is 9.47 Å². The zero-order chi connectivity index (χ0) is 20.4. The predicted molar refractivity (Wildman–Crippen MR) is 124 cm³/mol. The first-order valence-corrected chi connectivity index (χ1v) is 9.28. The topological polar surface area (TPSA) is 75.1 Å². The summed E-state index contributed by atoms with van der Waals surface area (Å²) in [5, 5.41) is 16.6. The monoisotopic (exact) mass is 517 g/mol. The number of para-hydroxylation sites is 1. The van der Waals surface area contributed by atoms with Crippen LogP contribution in [0, 0.1) is 5.82 Å². The van der Waals surface area contributed by atoms with Crippen molar-refractivity contribution in [1.29, 1.82) is 0 Å². The van der Waals surface area contributed by atoms with Gasteiger partial charge in [-0.15, -0.1) is 24.0 Å². The second-order valence-corrected chi connectivity index (χ2v) is 6.25. The lowest BCUT2D eigenvalue weighted by Crippen LogP contribution is -2.42. The number of guanidine groups is 1. The van der Waals surface area contributed by atoms with E-state index in [0.717, 1.165) is 5.56 Å². The summed E-state index contributed by atoms with van der Waals surface area (Å²) in [6, 6.07) is 13.6. The van der Waals surface area contributed by atoms with Crippen molar-refractivity contribution in [3.63, 3.8) is 0 Å². The summed E-state index contributed by atoms with van der Waals surface area (Å²) < 4.78 is 24.5. The largest absolute Gasteiger partial charge is 0.497 e. The minimum absolute atomic E-state index is 0. The molecule has 0 aliphatic rings. The van der Waals surface area contributed by atoms with E-state index in [2.05, 4.69) is 15.6 Å². The normalized spacial score (nSPS) is 13.1. The second kappa shape index (κ2) is 13.2. The third-order valence-corrected chi connectivity index (χ3v) is 3.97. The Morgan fingerprint density at radius 3 is 2.62 bits per heavy atom. The Kier molecular flexibility index (Phi) is 11.4. The number of hydrogen-bond acceptors (Lipinski definition) is 4. The third-order valence-electron chi connectivity index (χ3n) is 3.97. The first kappa shape index (κ1) is 25.0. The van der Waals surface area contributed by atoms with Gasteiger partial charge in [-0.1, -0.05) is 24.3 Å². The fourth-order valence-corrected chi connectivity index (χ4v) is 2.51. The number of halogens is 2. The maximum Gasteiger partial charge on any atom is 0.191 e. The Morgan fingerprint density at radius 2 is 1.93 bits per heavy atom. The van der Waals surface area contributed by atoms with Gasteiger partial charge in [-0.05, 0) is 43.7 Å². The Labute approximate surface area is 188 Å². The highest BCUT2D eigenvalue weighted by atomic mass is 127. The Hall–Kier alpha value is -2.07. The molecule has 2 unspecified atom stereocenters. The maximum atomic E-state index is 13.7. The number of ether oxygens (including phenoxy) is 2. The van der Waals surface area contributed by atoms with Gasteiger partial charge >= 0.3 is 0 Å². The lowest BCUT2D eigenvalue weighted by molar-refractivity contribution is 0.186. The number of hydrogen-bond donors (Lipinski definition) is 3. The number of methoxy groups -OCH3 is 1. The summed E-state index contributed by atoms with van der Waals surface area (Å²) in [6.45, 7) is 5.08. The molecule has 2 aromatic rings. The van der Waals surface area contributed by atoms with Gasteiger partial charge in [0, 0.05) is 6.54 Å². The number of aliphatic hydroxyl groups is 1. The van der Waals surface area contributed by atoms with Crippen LogP contribution < -0.4 is 20.1 Å². The van der Waals surface area contributed by atoms with Crippen LogP contribution in [0.2, 0.25) is 0 Å². The average molecular weight is 517 g/mol. The summed E-state index contributed by atoms with van der Waals surface area (Å²) in [7, 11) is 1.58. The van der Waals surface area contributed by atoms with Crippen molar-refractivity contribution in [3.8, 4) is 11.5 Å². The number of benzene rings is 2. The average Bonchev–Trinajstić information content (AvgIpc) is 2.71. The van der Waals surface area contributed by atoms with Crippen molar-refractivity contribution in [2.24, 2.45) is 4.99 Å². The molecule has 0 heterocycles. The number of nitrogens with one attached hydrogen (secondary N) is 2. The van der Waals surface area contributed by atoms with Crippen molar-refractivity contribution in [2.45, 2.75) is 26.1 Å². The van der Waals surface area contributed by atoms with Gasteiger partial charge in [-0.25, -0.2) is 4.39 Å². The summed E-state index contributed by atoms with van der Waals surface area (Å²) in [6.07, 6.45) is -1.03. The van der Waals surface area contributed by atoms with Crippen LogP contribution >= 0.6 is 24.0 Å². The lowest BCUT2D eigenvalue weighted by Gasteiger charge is -2.18. The van der Waals surface area contributed by atoms with Crippen molar-refractivity contribution in [3.05, 3.63) is 59.9 Å². The highest BCUT2D eigenvalue weighted by Gasteiger charge is 2.11. The van der Waals surface area contributed by atoms with Crippen LogP contribution in [0.5, 0.6) is 11.5 Å². The standard InChI is InChI=1S/C21H28FN3O3.HI/c1-4-23-21(24-13-15(2)28-20-11-6-5-10-18(20)22)25-14-19(26)16-8-7-9-17(12-16)27-3;/h5-12,15,19,26H,4,13-14H2,1-3H3,(H2,23,24,25);1H. The predicted octanol–water partition coefficient (Wildman–Crippen LogP) is 3.51. The molecule has 0 aliphatic heterocycles. The molecule has 2 rings (SSSR count). The van der Waals surface area contributed by atoms with Gasteiger partial charge in [0.2, 0.25) is 0 Å². The SMILES string of the molecule is CCNC(=NCC(O)c1cccc(OC)c1)NCC(C)Oc1ccccc1F.I. The van der Waals surface area contributed by atoms with Gasteiger partial charge in [-0.2, -0.15) is 0 Å². The quantitative estimate of drug-likeness (QED) is 0.270. The second-order valence-electron chi connectivity index (χ2n) is 6.25. The van der Waals surface area contributed by atoms with Gasteiger partial charge < -0.3 is 25.2 Å². The van der Waals surface area contributed by atoms with Gasteiger partial charge in [0.15, 0.2) is 17.5 Å². The molecule has 8 heteroatoms. The number of aliphatic hydroxyl groups excluding tert-OH is 1. The fraction of sp³-hybridized carbons (Fsp3) is 0.381. The molecule has 0 aliphatic carbocycles. The molecule has 0 bridgehead atoms. The molecule has 0 amide bonds. The summed E-state index contributed by atoms with van der Waals surface area (Å²) in [5.41, 5.74) is 0.732. The van der Waals surface area contributed by atoms with Gasteiger partial charge in [0.1, 0.15) is 11.9 Å². The number of aliphatic imine (C=N–C) groups is 1. The van der Waals surface area contributed by atoms with Crippen LogP contribution in [0.3, 0.4) is 0 Å². The molecule has 0 spiro atoms. The van der Waals surface area contributed by atoms with Crippen LogP contribution in [0.25, 0.3) is 0 Å². The zero-order valence-electron chi connectivity index (χ0n) is 16.9. The van der Waals surface area contributed by atoms with E-state index in [-0.39, 0.29) is 42.4 Å². The Balaban J connectivity index is 0.00000420. The van der Waals surface area contributed by atoms with Crippen LogP contribution in [-0.2, 0) is 0 Å². The molecule has 0 saturated carbocycles. The molecule has 0 fully saturated rings. The lowest BCUT2D eigenvalue weighted by atomic mass is 10.1. The van der Waals surface area contributed by atoms with Crippen molar-refractivity contribution in [1.82, 2.24) is 10.6 Å². The van der Waals surface area contributed by atoms with Crippen molar-refractivity contribution in [2.75, 3.05) is 26.7 Å². The van der Waals surface area contributed by atoms with Gasteiger partial charge in [0.25, 0.3) is 0 Å². The minimum Gasteiger partial charge on any atom is -0.497 e. The smallest absolute Gasteiger partial charge is 0.191 e. The fourth-order valence-electron chi connectivity index (χ4n) is 2.51. The van der Waals surface area contributed by atoms with E-state index in [1.165, 1.54) is 6.07 Å². The molecule has 3 N–H and O–H groups in total. The van der Waals surface area contributed by atoms with E-state index in [9.17, 15) is 9.50 Å². The van der Waals surface area contributed by atoms with E-state index in [0.29, 0.717) is 24.8 Å². The van der Waals surface area contributed by atoms with E-state index >= 15 is 0 Å². The molecule has 0 radical (unpaired) electrons. The molecule has 0 aromatic heterocycles. The Bertz CT molecular complexity index is 776. The van der Waals surface area contributed by atoms with E-state index in [1.807, 2.05) is 32.0 Å². The molecular weight excluding hydrogens is 488 g/mol. The third kappa shape index (κ3) is 8.45. The highest BCUT2D eigenvalue weighted by molar-refractivity contribution is 14.0. The number of rotatable bonds is 9. The summed E-state index contributed by atoms with van der Waals surface area (Å²) in [4.78, 5) is 4.42. The van der Waals surface area contributed by atoms with Crippen LogP contribution in [0.4, 0.5) is 4.39 Å². The minimum atomic E-state index is -0.752. The van der Waals surface area contributed by atoms with Crippen molar-refractivity contribution >= 4 is 29.9 Å². The van der Waals surface area contributed by atoms with Gasteiger partial charge in [-0.3, -0.25) is 4.99 Å². The van der Waals surface area contributed by atoms with Gasteiger partial charge in [0.05, 0.1) is 26.3 Å². The molecule has 0 saturated heterocycles. The molecule has 2 aromatic carbocycles. The first-order valence-electron chi connectivity index (χ1n) is 9.28. The first-order chi connectivity index (χ1) is 13.5. The molecule has 29 heavy (non-hydrogen) atoms. The Morgan fingerprint density at radius 1 is 1.17 bits per heavy atom. The molecular formula is C21H29FIN3O3.